The summed E-state index contributed by atoms with van der Waals surface area (Å²) in [6, 6.07) is 8.63. The topological polar surface area (TPSA) is 80.2 Å². The second-order valence-electron chi connectivity index (χ2n) is 7.93. The third-order valence-electron chi connectivity index (χ3n) is 5.99. The number of aliphatic imine (C=N–C) groups is 1. The fraction of sp³-hybridized carbons (Fsp3) is 0.269. The molecule has 1 aliphatic rings. The molecule has 2 unspecified atom stereocenters. The fourth-order valence-electron chi connectivity index (χ4n) is 4.33. The Morgan fingerprint density at radius 2 is 2.06 bits per heavy atom. The summed E-state index contributed by atoms with van der Waals surface area (Å²) in [5.41, 5.74) is 0.568. The Labute approximate surface area is 194 Å². The van der Waals surface area contributed by atoms with Gasteiger partial charge in [-0.1, -0.05) is 31.7 Å². The van der Waals surface area contributed by atoms with E-state index in [2.05, 4.69) is 18.3 Å². The van der Waals surface area contributed by atoms with Gasteiger partial charge in [-0.2, -0.15) is 10.5 Å². The molecule has 1 N–H and O–H groups in total. The maximum atomic E-state index is 14.7. The largest absolute Gasteiger partial charge is 0.382 e. The van der Waals surface area contributed by atoms with Crippen molar-refractivity contribution in [1.29, 1.82) is 10.5 Å². The van der Waals surface area contributed by atoms with Crippen LogP contribution >= 0.6 is 0 Å². The Kier molecular flexibility index (Phi) is 7.04. The van der Waals surface area contributed by atoms with Gasteiger partial charge in [0.05, 0.1) is 11.6 Å². The Balaban J connectivity index is 2.29. The van der Waals surface area contributed by atoms with Gasteiger partial charge >= 0.3 is 0 Å². The van der Waals surface area contributed by atoms with Gasteiger partial charge < -0.3 is 5.11 Å². The standard InChI is InChI=1S/C26H21F4N3O/c1-4-17(23(13-32)33-3)18-7-6-14(21-11-26(29,30)25(34)24(18)21)9-19-15(12-31)8-16(27)10-20(19)22(28)5-2/h4,6-8,10,22,25,34H,1,3,5,9,11H2,2H3/b23-17+. The number of aliphatic hydroxyl groups is 1. The van der Waals surface area contributed by atoms with Gasteiger partial charge in [0, 0.05) is 12.0 Å². The molecule has 0 saturated carbocycles. The first-order chi connectivity index (χ1) is 16.1. The number of halogens is 4. The van der Waals surface area contributed by atoms with Crippen LogP contribution in [-0.4, -0.2) is 17.7 Å². The molecule has 0 spiro atoms. The van der Waals surface area contributed by atoms with Gasteiger partial charge in [0.25, 0.3) is 5.92 Å². The summed E-state index contributed by atoms with van der Waals surface area (Å²) in [6.45, 7) is 8.51. The van der Waals surface area contributed by atoms with Crippen LogP contribution < -0.4 is 0 Å². The smallest absolute Gasteiger partial charge is 0.281 e. The molecule has 2 atom stereocenters. The van der Waals surface area contributed by atoms with Crippen LogP contribution in [0.2, 0.25) is 0 Å². The van der Waals surface area contributed by atoms with Crippen LogP contribution in [0.4, 0.5) is 17.6 Å². The number of aliphatic hydroxyl groups excluding tert-OH is 1. The van der Waals surface area contributed by atoms with Gasteiger partial charge in [0.2, 0.25) is 0 Å². The van der Waals surface area contributed by atoms with Crippen molar-refractivity contribution >= 4 is 12.3 Å². The first-order valence-electron chi connectivity index (χ1n) is 10.4. The van der Waals surface area contributed by atoms with Gasteiger partial charge in [0.1, 0.15) is 29.9 Å². The average molecular weight is 467 g/mol. The zero-order valence-corrected chi connectivity index (χ0v) is 18.4. The van der Waals surface area contributed by atoms with E-state index in [1.54, 1.807) is 6.92 Å². The van der Waals surface area contributed by atoms with Crippen molar-refractivity contribution in [3.05, 3.63) is 87.4 Å². The highest BCUT2D eigenvalue weighted by atomic mass is 19.3. The van der Waals surface area contributed by atoms with Crippen molar-refractivity contribution < 1.29 is 22.7 Å². The van der Waals surface area contributed by atoms with E-state index in [-0.39, 0.29) is 57.5 Å². The Bertz CT molecular complexity index is 1280. The quantitative estimate of drug-likeness (QED) is 0.233. The number of nitrogens with zero attached hydrogens (tertiary/aromatic N) is 3. The summed E-state index contributed by atoms with van der Waals surface area (Å²) in [5, 5.41) is 29.3. The van der Waals surface area contributed by atoms with Gasteiger partial charge in [-0.25, -0.2) is 17.6 Å². The van der Waals surface area contributed by atoms with Crippen molar-refractivity contribution in [2.75, 3.05) is 0 Å². The van der Waals surface area contributed by atoms with E-state index in [1.165, 1.54) is 18.2 Å². The maximum absolute atomic E-state index is 14.7. The van der Waals surface area contributed by atoms with Crippen molar-refractivity contribution in [1.82, 2.24) is 0 Å². The molecule has 8 heteroatoms. The van der Waals surface area contributed by atoms with Crippen LogP contribution in [0, 0.1) is 28.5 Å². The van der Waals surface area contributed by atoms with Crippen LogP contribution in [0.5, 0.6) is 0 Å². The molecule has 0 amide bonds. The molecule has 3 rings (SSSR count). The van der Waals surface area contributed by atoms with Gasteiger partial charge in [-0.3, -0.25) is 4.99 Å². The van der Waals surface area contributed by atoms with E-state index >= 15 is 0 Å². The molecule has 0 radical (unpaired) electrons. The Hall–Kier alpha value is -3.75. The molecule has 2 aromatic carbocycles. The normalized spacial score (nSPS) is 17.7. The highest BCUT2D eigenvalue weighted by molar-refractivity contribution is 5.82. The monoisotopic (exact) mass is 467 g/mol. The zero-order valence-electron chi connectivity index (χ0n) is 18.4. The van der Waals surface area contributed by atoms with E-state index < -0.39 is 30.4 Å². The predicted octanol–water partition coefficient (Wildman–Crippen LogP) is 6.05. The van der Waals surface area contributed by atoms with Crippen LogP contribution in [0.15, 0.2) is 47.6 Å². The van der Waals surface area contributed by atoms with Crippen molar-refractivity contribution in [2.24, 2.45) is 4.99 Å². The summed E-state index contributed by atoms with van der Waals surface area (Å²) in [4.78, 5) is 3.62. The Morgan fingerprint density at radius 1 is 1.35 bits per heavy atom. The molecule has 0 fully saturated rings. The number of hydrogen-bond acceptors (Lipinski definition) is 4. The molecule has 1 aliphatic carbocycles. The second-order valence-corrected chi connectivity index (χ2v) is 7.93. The van der Waals surface area contributed by atoms with Gasteiger partial charge in [-0.05, 0) is 65.1 Å². The Morgan fingerprint density at radius 3 is 2.62 bits per heavy atom. The molecular weight excluding hydrogens is 446 g/mol. The third-order valence-corrected chi connectivity index (χ3v) is 5.99. The lowest BCUT2D eigenvalue weighted by atomic mass is 9.86. The molecule has 0 aliphatic heterocycles. The summed E-state index contributed by atoms with van der Waals surface area (Å²) in [5.74, 6) is -4.26. The molecule has 0 saturated heterocycles. The number of nitriles is 2. The van der Waals surface area contributed by atoms with Crippen LogP contribution in [0.1, 0.15) is 64.6 Å². The lowest BCUT2D eigenvalue weighted by molar-refractivity contribution is -0.0969. The molecular formula is C26H21F4N3O. The highest BCUT2D eigenvalue weighted by Crippen LogP contribution is 2.48. The van der Waals surface area contributed by atoms with Crippen LogP contribution in [0.3, 0.4) is 0 Å². The summed E-state index contributed by atoms with van der Waals surface area (Å²) < 4.78 is 58.0. The second kappa shape index (κ2) is 9.62. The molecule has 0 bridgehead atoms. The fourth-order valence-corrected chi connectivity index (χ4v) is 4.33. The molecule has 174 valence electrons. The molecule has 0 aromatic heterocycles. The highest BCUT2D eigenvalue weighted by Gasteiger charge is 2.49. The third kappa shape index (κ3) is 4.25. The number of fused-ring (bicyclic) bond motifs is 1. The van der Waals surface area contributed by atoms with Gasteiger partial charge in [-0.15, -0.1) is 0 Å². The SMILES string of the molecule is C=C/C(=C(/C#N)N=C)c1ccc(Cc2c(C#N)cc(F)cc2C(F)CC)c2c1C(O)C(F)(F)C2. The number of alkyl halides is 3. The van der Waals surface area contributed by atoms with Gasteiger partial charge in [0.15, 0.2) is 0 Å². The lowest BCUT2D eigenvalue weighted by Crippen LogP contribution is -2.22. The summed E-state index contributed by atoms with van der Waals surface area (Å²) in [7, 11) is 0. The summed E-state index contributed by atoms with van der Waals surface area (Å²) in [6.07, 6.45) is -3.33. The van der Waals surface area contributed by atoms with Crippen molar-refractivity contribution in [2.45, 2.75) is 44.4 Å². The number of rotatable bonds is 7. The van der Waals surface area contributed by atoms with E-state index in [4.69, 9.17) is 0 Å². The average Bonchev–Trinajstić information content (AvgIpc) is 3.07. The molecule has 0 heterocycles. The van der Waals surface area contributed by atoms with Crippen molar-refractivity contribution in [3.63, 3.8) is 0 Å². The molecule has 2 aromatic rings. The lowest BCUT2D eigenvalue weighted by Gasteiger charge is -2.19. The number of hydrogen-bond donors (Lipinski definition) is 1. The number of allylic oxidation sites excluding steroid dienone is 3. The summed E-state index contributed by atoms with van der Waals surface area (Å²) >= 11 is 0. The van der Waals surface area contributed by atoms with Crippen molar-refractivity contribution in [3.8, 4) is 12.1 Å². The van der Waals surface area contributed by atoms with E-state index in [0.717, 1.165) is 12.1 Å². The maximum Gasteiger partial charge on any atom is 0.281 e. The van der Waals surface area contributed by atoms with E-state index in [1.807, 2.05) is 12.1 Å². The zero-order chi connectivity index (χ0) is 25.2. The number of benzene rings is 2. The minimum Gasteiger partial charge on any atom is -0.382 e. The van der Waals surface area contributed by atoms with E-state index in [9.17, 15) is 33.2 Å². The molecule has 4 nitrogen and oxygen atoms in total. The van der Waals surface area contributed by atoms with Crippen LogP contribution in [0.25, 0.3) is 5.57 Å². The van der Waals surface area contributed by atoms with Crippen LogP contribution in [-0.2, 0) is 12.8 Å². The minimum atomic E-state index is -3.50. The molecule has 34 heavy (non-hydrogen) atoms. The predicted molar refractivity (Wildman–Crippen MR) is 120 cm³/mol. The minimum absolute atomic E-state index is 0.0171. The van der Waals surface area contributed by atoms with E-state index in [0.29, 0.717) is 5.56 Å². The first kappa shape index (κ1) is 24.9. The first-order valence-corrected chi connectivity index (χ1v) is 10.4.